The minimum absolute atomic E-state index is 0.400. The molecule has 0 aromatic heterocycles. The summed E-state index contributed by atoms with van der Waals surface area (Å²) < 4.78 is 0. The zero-order valence-electron chi connectivity index (χ0n) is 9.60. The Labute approximate surface area is 96.9 Å². The van der Waals surface area contributed by atoms with Crippen LogP contribution in [-0.4, -0.2) is 29.6 Å². The molecule has 1 aromatic rings. The van der Waals surface area contributed by atoms with Crippen molar-refractivity contribution in [3.8, 4) is 5.75 Å². The molecule has 1 heterocycles. The lowest BCUT2D eigenvalue weighted by atomic mass is 9.98. The molecule has 1 saturated heterocycles. The van der Waals surface area contributed by atoms with Gasteiger partial charge in [0.2, 0.25) is 0 Å². The standard InChI is InChI=1S/C13H20N2O/c14-8-11-4-3-7-15(9-11)10-12-5-1-2-6-13(12)16/h1-2,5-6,11,16H,3-4,7-10,14H2/t11-/m0/s1. The highest BCUT2D eigenvalue weighted by atomic mass is 16.3. The Morgan fingerprint density at radius 2 is 2.19 bits per heavy atom. The van der Waals surface area contributed by atoms with Crippen LogP contribution in [0, 0.1) is 5.92 Å². The minimum atomic E-state index is 0.400. The second kappa shape index (κ2) is 5.32. The Hall–Kier alpha value is -1.06. The van der Waals surface area contributed by atoms with Crippen molar-refractivity contribution < 1.29 is 5.11 Å². The van der Waals surface area contributed by atoms with E-state index in [4.69, 9.17) is 5.73 Å². The number of phenolic OH excluding ortho intramolecular Hbond substituents is 1. The fourth-order valence-electron chi connectivity index (χ4n) is 2.37. The maximum Gasteiger partial charge on any atom is 0.120 e. The Kier molecular flexibility index (Phi) is 3.80. The van der Waals surface area contributed by atoms with Gasteiger partial charge >= 0.3 is 0 Å². The van der Waals surface area contributed by atoms with Gasteiger partial charge < -0.3 is 10.8 Å². The van der Waals surface area contributed by atoms with E-state index in [1.54, 1.807) is 6.07 Å². The van der Waals surface area contributed by atoms with Crippen molar-refractivity contribution in [2.45, 2.75) is 19.4 Å². The maximum absolute atomic E-state index is 9.71. The molecule has 1 atom stereocenters. The van der Waals surface area contributed by atoms with Gasteiger partial charge in [-0.25, -0.2) is 0 Å². The SMILES string of the molecule is NC[C@@H]1CCCN(Cc2ccccc2O)C1. The third-order valence-corrected chi connectivity index (χ3v) is 3.32. The summed E-state index contributed by atoms with van der Waals surface area (Å²) in [5.74, 6) is 1.02. The molecule has 1 aliphatic heterocycles. The van der Waals surface area contributed by atoms with Crippen molar-refractivity contribution in [2.24, 2.45) is 11.7 Å². The van der Waals surface area contributed by atoms with Crippen LogP contribution in [0.3, 0.4) is 0 Å². The topological polar surface area (TPSA) is 49.5 Å². The molecule has 3 nitrogen and oxygen atoms in total. The molecule has 0 radical (unpaired) electrons. The van der Waals surface area contributed by atoms with Crippen LogP contribution in [-0.2, 0) is 6.54 Å². The van der Waals surface area contributed by atoms with Crippen molar-refractivity contribution in [2.75, 3.05) is 19.6 Å². The Balaban J connectivity index is 1.97. The van der Waals surface area contributed by atoms with E-state index in [1.165, 1.54) is 12.8 Å². The number of para-hydroxylation sites is 1. The minimum Gasteiger partial charge on any atom is -0.508 e. The highest BCUT2D eigenvalue weighted by Crippen LogP contribution is 2.21. The summed E-state index contributed by atoms with van der Waals surface area (Å²) in [6.45, 7) is 3.79. The van der Waals surface area contributed by atoms with Crippen LogP contribution >= 0.6 is 0 Å². The Bertz CT molecular complexity index is 340. The number of benzene rings is 1. The summed E-state index contributed by atoms with van der Waals surface area (Å²) in [5, 5.41) is 9.71. The fourth-order valence-corrected chi connectivity index (χ4v) is 2.37. The van der Waals surface area contributed by atoms with Crippen LogP contribution in [0.15, 0.2) is 24.3 Å². The summed E-state index contributed by atoms with van der Waals surface area (Å²) in [6.07, 6.45) is 2.46. The van der Waals surface area contributed by atoms with Gasteiger partial charge in [0.15, 0.2) is 0 Å². The van der Waals surface area contributed by atoms with E-state index in [0.29, 0.717) is 11.7 Å². The lowest BCUT2D eigenvalue weighted by Gasteiger charge is -2.32. The van der Waals surface area contributed by atoms with Gasteiger partial charge in [-0.15, -0.1) is 0 Å². The van der Waals surface area contributed by atoms with E-state index in [1.807, 2.05) is 18.2 Å². The highest BCUT2D eigenvalue weighted by molar-refractivity contribution is 5.31. The van der Waals surface area contributed by atoms with Gasteiger partial charge in [-0.2, -0.15) is 0 Å². The van der Waals surface area contributed by atoms with Gasteiger partial charge in [0.05, 0.1) is 0 Å². The molecular weight excluding hydrogens is 200 g/mol. The lowest BCUT2D eigenvalue weighted by molar-refractivity contribution is 0.169. The molecule has 1 aromatic carbocycles. The third-order valence-electron chi connectivity index (χ3n) is 3.32. The number of nitrogens with zero attached hydrogens (tertiary/aromatic N) is 1. The summed E-state index contributed by atoms with van der Waals surface area (Å²) >= 11 is 0. The van der Waals surface area contributed by atoms with Gasteiger partial charge in [0.1, 0.15) is 5.75 Å². The molecule has 1 aliphatic rings. The molecule has 3 heteroatoms. The molecular formula is C13H20N2O. The van der Waals surface area contributed by atoms with Crippen LogP contribution in [0.25, 0.3) is 0 Å². The van der Waals surface area contributed by atoms with Crippen molar-refractivity contribution in [1.82, 2.24) is 4.90 Å². The molecule has 0 bridgehead atoms. The summed E-state index contributed by atoms with van der Waals surface area (Å²) in [5.41, 5.74) is 6.73. The first-order chi connectivity index (χ1) is 7.79. The van der Waals surface area contributed by atoms with E-state index in [0.717, 1.165) is 31.7 Å². The first-order valence-corrected chi connectivity index (χ1v) is 5.99. The molecule has 1 fully saturated rings. The van der Waals surface area contributed by atoms with Gasteiger partial charge in [0, 0.05) is 18.7 Å². The van der Waals surface area contributed by atoms with Gasteiger partial charge in [-0.1, -0.05) is 18.2 Å². The molecule has 0 aliphatic carbocycles. The van der Waals surface area contributed by atoms with Crippen LogP contribution in [0.1, 0.15) is 18.4 Å². The lowest BCUT2D eigenvalue weighted by Crippen LogP contribution is -2.37. The van der Waals surface area contributed by atoms with Gasteiger partial charge in [-0.3, -0.25) is 4.90 Å². The summed E-state index contributed by atoms with van der Waals surface area (Å²) in [6, 6.07) is 7.57. The Morgan fingerprint density at radius 1 is 1.38 bits per heavy atom. The van der Waals surface area contributed by atoms with E-state index < -0.39 is 0 Å². The predicted molar refractivity (Wildman–Crippen MR) is 65.2 cm³/mol. The van der Waals surface area contributed by atoms with Crippen LogP contribution in [0.5, 0.6) is 5.75 Å². The van der Waals surface area contributed by atoms with Crippen molar-refractivity contribution >= 4 is 0 Å². The quantitative estimate of drug-likeness (QED) is 0.813. The average molecular weight is 220 g/mol. The second-order valence-corrected chi connectivity index (χ2v) is 4.61. The van der Waals surface area contributed by atoms with Gasteiger partial charge in [-0.05, 0) is 37.9 Å². The van der Waals surface area contributed by atoms with E-state index in [-0.39, 0.29) is 0 Å². The molecule has 16 heavy (non-hydrogen) atoms. The van der Waals surface area contributed by atoms with Crippen molar-refractivity contribution in [3.05, 3.63) is 29.8 Å². The zero-order chi connectivity index (χ0) is 11.4. The molecule has 0 saturated carbocycles. The van der Waals surface area contributed by atoms with Crippen molar-refractivity contribution in [3.63, 3.8) is 0 Å². The third kappa shape index (κ3) is 2.74. The molecule has 88 valence electrons. The molecule has 0 spiro atoms. The maximum atomic E-state index is 9.71. The second-order valence-electron chi connectivity index (χ2n) is 4.61. The molecule has 3 N–H and O–H groups in total. The normalized spacial score (nSPS) is 22.2. The van der Waals surface area contributed by atoms with Crippen LogP contribution in [0.4, 0.5) is 0 Å². The number of piperidine rings is 1. The predicted octanol–water partition coefficient (Wildman–Crippen LogP) is 1.56. The summed E-state index contributed by atoms with van der Waals surface area (Å²) in [4.78, 5) is 2.38. The van der Waals surface area contributed by atoms with Crippen LogP contribution < -0.4 is 5.73 Å². The molecule has 0 unspecified atom stereocenters. The van der Waals surface area contributed by atoms with Gasteiger partial charge in [0.25, 0.3) is 0 Å². The number of likely N-dealkylation sites (tertiary alicyclic amines) is 1. The first-order valence-electron chi connectivity index (χ1n) is 5.99. The summed E-state index contributed by atoms with van der Waals surface area (Å²) in [7, 11) is 0. The van der Waals surface area contributed by atoms with E-state index in [2.05, 4.69) is 4.90 Å². The van der Waals surface area contributed by atoms with E-state index >= 15 is 0 Å². The molecule has 0 amide bonds. The monoisotopic (exact) mass is 220 g/mol. The number of aromatic hydroxyl groups is 1. The first kappa shape index (κ1) is 11.4. The van der Waals surface area contributed by atoms with Crippen molar-refractivity contribution in [1.29, 1.82) is 0 Å². The smallest absolute Gasteiger partial charge is 0.120 e. The van der Waals surface area contributed by atoms with E-state index in [9.17, 15) is 5.11 Å². The average Bonchev–Trinajstić information content (AvgIpc) is 2.32. The highest BCUT2D eigenvalue weighted by Gasteiger charge is 2.19. The zero-order valence-corrected chi connectivity index (χ0v) is 9.60. The number of hydrogen-bond donors (Lipinski definition) is 2. The largest absolute Gasteiger partial charge is 0.508 e. The number of nitrogens with two attached hydrogens (primary N) is 1. The fraction of sp³-hybridized carbons (Fsp3) is 0.538. The number of phenols is 1. The molecule has 2 rings (SSSR count). The number of hydrogen-bond acceptors (Lipinski definition) is 3. The number of rotatable bonds is 3. The Morgan fingerprint density at radius 3 is 2.94 bits per heavy atom. The van der Waals surface area contributed by atoms with Crippen LogP contribution in [0.2, 0.25) is 0 Å².